The minimum absolute atomic E-state index is 0.233. The summed E-state index contributed by atoms with van der Waals surface area (Å²) in [5.74, 6) is 1.39. The molecule has 2 heterocycles. The highest BCUT2D eigenvalue weighted by atomic mass is 32.2. The van der Waals surface area contributed by atoms with Crippen molar-refractivity contribution in [2.75, 3.05) is 5.32 Å². The van der Waals surface area contributed by atoms with E-state index in [1.807, 2.05) is 48.5 Å². The van der Waals surface area contributed by atoms with Crippen LogP contribution in [0.4, 0.5) is 5.13 Å². The van der Waals surface area contributed by atoms with Crippen LogP contribution in [-0.2, 0) is 5.75 Å². The topological polar surface area (TPSA) is 93.8 Å². The van der Waals surface area contributed by atoms with Crippen LogP contribution in [0, 0.1) is 6.92 Å². The Morgan fingerprint density at radius 3 is 2.68 bits per heavy atom. The first-order chi connectivity index (χ1) is 13.7. The van der Waals surface area contributed by atoms with E-state index in [1.54, 1.807) is 13.0 Å². The van der Waals surface area contributed by atoms with Crippen LogP contribution < -0.4 is 5.32 Å². The van der Waals surface area contributed by atoms with Crippen molar-refractivity contribution in [2.45, 2.75) is 17.6 Å². The third-order valence-electron chi connectivity index (χ3n) is 3.72. The molecule has 0 radical (unpaired) electrons. The van der Waals surface area contributed by atoms with E-state index in [2.05, 4.69) is 25.7 Å². The molecule has 0 unspecified atom stereocenters. The lowest BCUT2D eigenvalue weighted by Gasteiger charge is -2.07. The number of anilines is 1. The highest BCUT2D eigenvalue weighted by Gasteiger charge is 2.15. The fraction of sp³-hybridized carbons (Fsp3) is 0.105. The van der Waals surface area contributed by atoms with E-state index in [0.29, 0.717) is 28.2 Å². The Morgan fingerprint density at radius 2 is 1.89 bits per heavy atom. The molecule has 0 aliphatic heterocycles. The first-order valence-corrected chi connectivity index (χ1v) is 10.2. The number of rotatable bonds is 6. The number of hydrogen-bond acceptors (Lipinski definition) is 8. The summed E-state index contributed by atoms with van der Waals surface area (Å²) in [6.45, 7) is 1.74. The molecule has 0 bridgehead atoms. The first kappa shape index (κ1) is 18.3. The Balaban J connectivity index is 1.47. The SMILES string of the molecule is Cc1nc(CSc2ccccc2C(=O)Nc2nnc(-c3ccccc3)s2)no1. The van der Waals surface area contributed by atoms with Gasteiger partial charge in [0.2, 0.25) is 11.0 Å². The van der Waals surface area contributed by atoms with Gasteiger partial charge < -0.3 is 4.52 Å². The van der Waals surface area contributed by atoms with E-state index in [9.17, 15) is 4.79 Å². The second kappa shape index (κ2) is 8.32. The fourth-order valence-corrected chi connectivity index (χ4v) is 4.09. The molecule has 4 rings (SSSR count). The van der Waals surface area contributed by atoms with Gasteiger partial charge in [0.15, 0.2) is 5.82 Å². The standard InChI is InChI=1S/C19H15N5O2S2/c1-12-20-16(24-26-12)11-27-15-10-6-5-9-14(15)17(25)21-19-23-22-18(28-19)13-7-3-2-4-8-13/h2-10H,11H2,1H3,(H,21,23,25). The fourth-order valence-electron chi connectivity index (χ4n) is 2.46. The van der Waals surface area contributed by atoms with Gasteiger partial charge in [-0.15, -0.1) is 22.0 Å². The summed E-state index contributed by atoms with van der Waals surface area (Å²) in [6.07, 6.45) is 0. The van der Waals surface area contributed by atoms with Gasteiger partial charge in [0.1, 0.15) is 5.01 Å². The monoisotopic (exact) mass is 409 g/mol. The molecular weight excluding hydrogens is 394 g/mol. The molecule has 0 aliphatic rings. The number of nitrogens with one attached hydrogen (secondary N) is 1. The zero-order chi connectivity index (χ0) is 19.3. The van der Waals surface area contributed by atoms with Gasteiger partial charge in [-0.2, -0.15) is 4.98 Å². The largest absolute Gasteiger partial charge is 0.340 e. The summed E-state index contributed by atoms with van der Waals surface area (Å²) in [5.41, 5.74) is 1.52. The molecule has 28 heavy (non-hydrogen) atoms. The Bertz CT molecular complexity index is 1090. The molecule has 7 nitrogen and oxygen atoms in total. The lowest BCUT2D eigenvalue weighted by molar-refractivity contribution is 0.102. The quantitative estimate of drug-likeness (QED) is 0.470. The van der Waals surface area contributed by atoms with Crippen LogP contribution in [0.25, 0.3) is 10.6 Å². The van der Waals surface area contributed by atoms with Crippen LogP contribution in [-0.4, -0.2) is 26.2 Å². The molecule has 0 atom stereocenters. The summed E-state index contributed by atoms with van der Waals surface area (Å²) in [7, 11) is 0. The number of nitrogens with zero attached hydrogens (tertiary/aromatic N) is 4. The van der Waals surface area contributed by atoms with Crippen molar-refractivity contribution in [1.82, 2.24) is 20.3 Å². The van der Waals surface area contributed by atoms with Gasteiger partial charge in [-0.3, -0.25) is 10.1 Å². The summed E-state index contributed by atoms with van der Waals surface area (Å²) in [6, 6.07) is 17.1. The average Bonchev–Trinajstić information content (AvgIpc) is 3.36. The number of amides is 1. The maximum absolute atomic E-state index is 12.8. The van der Waals surface area contributed by atoms with Crippen LogP contribution in [0.1, 0.15) is 22.1 Å². The number of aromatic nitrogens is 4. The van der Waals surface area contributed by atoms with Gasteiger partial charge in [0, 0.05) is 17.4 Å². The minimum atomic E-state index is -0.233. The van der Waals surface area contributed by atoms with Crippen molar-refractivity contribution in [3.63, 3.8) is 0 Å². The summed E-state index contributed by atoms with van der Waals surface area (Å²) in [4.78, 5) is 17.8. The van der Waals surface area contributed by atoms with E-state index in [1.165, 1.54) is 23.1 Å². The minimum Gasteiger partial charge on any atom is -0.340 e. The molecule has 0 saturated heterocycles. The number of carbonyl (C=O) groups excluding carboxylic acids is 1. The second-order valence-electron chi connectivity index (χ2n) is 5.75. The summed E-state index contributed by atoms with van der Waals surface area (Å²) >= 11 is 2.81. The maximum atomic E-state index is 12.8. The highest BCUT2D eigenvalue weighted by molar-refractivity contribution is 7.98. The average molecular weight is 409 g/mol. The zero-order valence-corrected chi connectivity index (χ0v) is 16.5. The van der Waals surface area contributed by atoms with E-state index >= 15 is 0 Å². The number of benzene rings is 2. The maximum Gasteiger partial charge on any atom is 0.258 e. The van der Waals surface area contributed by atoms with Crippen molar-refractivity contribution in [3.05, 3.63) is 71.9 Å². The van der Waals surface area contributed by atoms with Crippen molar-refractivity contribution in [3.8, 4) is 10.6 Å². The number of thioether (sulfide) groups is 1. The smallest absolute Gasteiger partial charge is 0.258 e. The lowest BCUT2D eigenvalue weighted by atomic mass is 10.2. The molecule has 0 aliphatic carbocycles. The van der Waals surface area contributed by atoms with Crippen LogP contribution >= 0.6 is 23.1 Å². The van der Waals surface area contributed by atoms with Crippen LogP contribution in [0.15, 0.2) is 64.0 Å². The highest BCUT2D eigenvalue weighted by Crippen LogP contribution is 2.29. The molecule has 0 saturated carbocycles. The summed E-state index contributed by atoms with van der Waals surface area (Å²) < 4.78 is 4.98. The predicted octanol–water partition coefficient (Wildman–Crippen LogP) is 4.44. The predicted molar refractivity (Wildman–Crippen MR) is 108 cm³/mol. The molecule has 2 aromatic carbocycles. The second-order valence-corrected chi connectivity index (χ2v) is 7.74. The first-order valence-electron chi connectivity index (χ1n) is 8.40. The zero-order valence-electron chi connectivity index (χ0n) is 14.8. The van der Waals surface area contributed by atoms with Gasteiger partial charge in [0.05, 0.1) is 11.3 Å². The van der Waals surface area contributed by atoms with Gasteiger partial charge in [-0.25, -0.2) is 0 Å². The molecule has 0 fully saturated rings. The Morgan fingerprint density at radius 1 is 1.11 bits per heavy atom. The van der Waals surface area contributed by atoms with Crippen LogP contribution in [0.3, 0.4) is 0 Å². The molecule has 1 amide bonds. The molecule has 4 aromatic rings. The molecule has 1 N–H and O–H groups in total. The molecule has 140 valence electrons. The summed E-state index contributed by atoms with van der Waals surface area (Å²) in [5, 5.41) is 16.2. The normalized spacial score (nSPS) is 10.8. The van der Waals surface area contributed by atoms with Gasteiger partial charge in [0.25, 0.3) is 5.91 Å². The molecule has 9 heteroatoms. The van der Waals surface area contributed by atoms with Gasteiger partial charge >= 0.3 is 0 Å². The number of carbonyl (C=O) groups is 1. The molecule has 0 spiro atoms. The number of hydrogen-bond donors (Lipinski definition) is 1. The van der Waals surface area contributed by atoms with Crippen LogP contribution in [0.5, 0.6) is 0 Å². The van der Waals surface area contributed by atoms with Crippen molar-refractivity contribution in [1.29, 1.82) is 0 Å². The van der Waals surface area contributed by atoms with Crippen molar-refractivity contribution in [2.24, 2.45) is 0 Å². The molecular formula is C19H15N5O2S2. The third-order valence-corrected chi connectivity index (χ3v) is 5.68. The van der Waals surface area contributed by atoms with Gasteiger partial charge in [-0.05, 0) is 12.1 Å². The van der Waals surface area contributed by atoms with E-state index in [4.69, 9.17) is 4.52 Å². The Hall–Kier alpha value is -3.04. The number of aryl methyl sites for hydroxylation is 1. The molecule has 2 aromatic heterocycles. The van der Waals surface area contributed by atoms with Crippen LogP contribution in [0.2, 0.25) is 0 Å². The van der Waals surface area contributed by atoms with E-state index in [-0.39, 0.29) is 5.91 Å². The van der Waals surface area contributed by atoms with Crippen molar-refractivity contribution < 1.29 is 9.32 Å². The van der Waals surface area contributed by atoms with E-state index in [0.717, 1.165) is 15.5 Å². The van der Waals surface area contributed by atoms with Crippen molar-refractivity contribution >= 4 is 34.1 Å². The lowest BCUT2D eigenvalue weighted by Crippen LogP contribution is -2.12. The Kier molecular flexibility index (Phi) is 5.45. The van der Waals surface area contributed by atoms with E-state index < -0.39 is 0 Å². The third kappa shape index (κ3) is 4.26. The Labute approximate surface area is 169 Å². The van der Waals surface area contributed by atoms with Gasteiger partial charge in [-0.1, -0.05) is 59.0 Å².